The van der Waals surface area contributed by atoms with Crippen molar-refractivity contribution in [3.63, 3.8) is 0 Å². The number of hydrogen-bond donors (Lipinski definition) is 0. The largest absolute Gasteiger partial charge is 0.469 e. The van der Waals surface area contributed by atoms with E-state index in [2.05, 4.69) is 23.7 Å². The van der Waals surface area contributed by atoms with Crippen molar-refractivity contribution in [2.45, 2.75) is 45.6 Å². The number of rotatable bonds is 8. The Bertz CT molecular complexity index is 233. The van der Waals surface area contributed by atoms with Gasteiger partial charge in [0.2, 0.25) is 0 Å². The molecule has 0 aliphatic carbocycles. The first-order valence-corrected chi connectivity index (χ1v) is 6.22. The molecule has 0 fully saturated rings. The molecular weight excluding hydrogens is 204 g/mol. The van der Waals surface area contributed by atoms with E-state index >= 15 is 0 Å². The molecule has 0 bridgehead atoms. The monoisotopic (exact) mass is 226 g/mol. The van der Waals surface area contributed by atoms with Crippen molar-refractivity contribution in [1.29, 1.82) is 0 Å². The third kappa shape index (κ3) is 4.31. The molecule has 0 radical (unpaired) electrons. The summed E-state index contributed by atoms with van der Waals surface area (Å²) in [5, 5.41) is 0. The van der Waals surface area contributed by atoms with E-state index in [1.807, 2.05) is 0 Å². The highest BCUT2D eigenvalue weighted by molar-refractivity contribution is 5.91. The molecule has 0 N–H and O–H groups in total. The molecule has 0 spiro atoms. The van der Waals surface area contributed by atoms with E-state index in [0.29, 0.717) is 6.54 Å². The minimum absolute atomic E-state index is 0.141. The summed E-state index contributed by atoms with van der Waals surface area (Å²) >= 11 is 0. The molecule has 4 heteroatoms. The van der Waals surface area contributed by atoms with Gasteiger partial charge in [0.15, 0.2) is 12.5 Å². The highest BCUT2D eigenvalue weighted by Gasteiger charge is 2.25. The summed E-state index contributed by atoms with van der Waals surface area (Å²) < 4.78 is 5.17. The first-order valence-electron chi connectivity index (χ1n) is 6.22. The third-order valence-electron chi connectivity index (χ3n) is 2.76. The minimum atomic E-state index is -0.367. The molecule has 1 amide bonds. The quantitative estimate of drug-likeness (QED) is 0.634. The van der Waals surface area contributed by atoms with E-state index in [4.69, 9.17) is 4.74 Å². The standard InChI is InChI=1S/C12H22N2O2/c1-3-5-7-14(8-6-4-2)9-11-12(15)13-10-16-11/h10-11H,3-9H2,1-2H3. The summed E-state index contributed by atoms with van der Waals surface area (Å²) in [4.78, 5) is 17.2. The van der Waals surface area contributed by atoms with Gasteiger partial charge in [-0.05, 0) is 25.9 Å². The topological polar surface area (TPSA) is 41.9 Å². The first-order chi connectivity index (χ1) is 7.77. The smallest absolute Gasteiger partial charge is 0.290 e. The third-order valence-corrected chi connectivity index (χ3v) is 2.76. The van der Waals surface area contributed by atoms with Gasteiger partial charge in [-0.1, -0.05) is 26.7 Å². The Morgan fingerprint density at radius 1 is 1.31 bits per heavy atom. The minimum Gasteiger partial charge on any atom is -0.469 e. The molecule has 92 valence electrons. The number of nitrogens with zero attached hydrogens (tertiary/aromatic N) is 2. The van der Waals surface area contributed by atoms with Crippen LogP contribution in [0.2, 0.25) is 0 Å². The summed E-state index contributed by atoms with van der Waals surface area (Å²) in [7, 11) is 0. The van der Waals surface area contributed by atoms with Crippen LogP contribution in [-0.4, -0.2) is 42.9 Å². The molecular formula is C12H22N2O2. The van der Waals surface area contributed by atoms with Gasteiger partial charge >= 0.3 is 0 Å². The van der Waals surface area contributed by atoms with E-state index in [1.54, 1.807) is 0 Å². The summed E-state index contributed by atoms with van der Waals surface area (Å²) in [6.07, 6.45) is 5.60. The zero-order valence-corrected chi connectivity index (χ0v) is 10.3. The molecule has 1 aliphatic heterocycles. The number of carbonyl (C=O) groups is 1. The van der Waals surface area contributed by atoms with Crippen LogP contribution in [0.25, 0.3) is 0 Å². The van der Waals surface area contributed by atoms with Gasteiger partial charge in [-0.3, -0.25) is 9.69 Å². The van der Waals surface area contributed by atoms with Gasteiger partial charge in [0.1, 0.15) is 0 Å². The molecule has 0 saturated heterocycles. The molecule has 1 rings (SSSR count). The lowest BCUT2D eigenvalue weighted by Crippen LogP contribution is -2.37. The van der Waals surface area contributed by atoms with E-state index in [0.717, 1.165) is 13.1 Å². The number of ether oxygens (including phenoxy) is 1. The van der Waals surface area contributed by atoms with Crippen molar-refractivity contribution in [2.24, 2.45) is 4.99 Å². The average molecular weight is 226 g/mol. The van der Waals surface area contributed by atoms with Crippen LogP contribution in [-0.2, 0) is 9.53 Å². The number of amides is 1. The molecule has 0 saturated carbocycles. The zero-order valence-electron chi connectivity index (χ0n) is 10.3. The molecule has 0 aromatic carbocycles. The Hall–Kier alpha value is -0.900. The lowest BCUT2D eigenvalue weighted by atomic mass is 10.2. The van der Waals surface area contributed by atoms with Crippen LogP contribution in [0.5, 0.6) is 0 Å². The Labute approximate surface area is 97.7 Å². The van der Waals surface area contributed by atoms with Crippen LogP contribution in [0.3, 0.4) is 0 Å². The summed E-state index contributed by atoms with van der Waals surface area (Å²) in [5.41, 5.74) is 0. The highest BCUT2D eigenvalue weighted by Crippen LogP contribution is 2.07. The lowest BCUT2D eigenvalue weighted by Gasteiger charge is -2.23. The zero-order chi connectivity index (χ0) is 11.8. The second-order valence-electron chi connectivity index (χ2n) is 4.21. The van der Waals surface area contributed by atoms with Gasteiger partial charge in [-0.2, -0.15) is 4.99 Å². The van der Waals surface area contributed by atoms with Crippen LogP contribution in [0.4, 0.5) is 0 Å². The predicted molar refractivity (Wildman–Crippen MR) is 64.6 cm³/mol. The van der Waals surface area contributed by atoms with Crippen LogP contribution >= 0.6 is 0 Å². The Balaban J connectivity index is 2.33. The number of unbranched alkanes of at least 4 members (excludes halogenated alkanes) is 2. The Morgan fingerprint density at radius 2 is 1.94 bits per heavy atom. The second kappa shape index (κ2) is 7.39. The first kappa shape index (κ1) is 13.2. The van der Waals surface area contributed by atoms with Gasteiger partial charge in [-0.25, -0.2) is 0 Å². The van der Waals surface area contributed by atoms with Crippen LogP contribution in [0.1, 0.15) is 39.5 Å². The fraction of sp³-hybridized carbons (Fsp3) is 0.833. The van der Waals surface area contributed by atoms with Gasteiger partial charge in [0.05, 0.1) is 0 Å². The average Bonchev–Trinajstić information content (AvgIpc) is 2.68. The molecule has 0 aromatic rings. The van der Waals surface area contributed by atoms with E-state index in [9.17, 15) is 4.79 Å². The number of hydrogen-bond acceptors (Lipinski definition) is 3. The number of carbonyl (C=O) groups excluding carboxylic acids is 1. The van der Waals surface area contributed by atoms with Crippen molar-refractivity contribution < 1.29 is 9.53 Å². The van der Waals surface area contributed by atoms with Crippen molar-refractivity contribution in [3.8, 4) is 0 Å². The Morgan fingerprint density at radius 3 is 2.38 bits per heavy atom. The van der Waals surface area contributed by atoms with Crippen LogP contribution in [0, 0.1) is 0 Å². The van der Waals surface area contributed by atoms with Crippen molar-refractivity contribution in [3.05, 3.63) is 0 Å². The molecule has 0 aromatic heterocycles. The normalized spacial score (nSPS) is 19.4. The van der Waals surface area contributed by atoms with Crippen LogP contribution in [0.15, 0.2) is 4.99 Å². The van der Waals surface area contributed by atoms with Gasteiger partial charge in [0, 0.05) is 6.54 Å². The highest BCUT2D eigenvalue weighted by atomic mass is 16.5. The van der Waals surface area contributed by atoms with Crippen molar-refractivity contribution in [1.82, 2.24) is 4.90 Å². The van der Waals surface area contributed by atoms with E-state index in [-0.39, 0.29) is 12.0 Å². The molecule has 4 nitrogen and oxygen atoms in total. The van der Waals surface area contributed by atoms with Crippen molar-refractivity contribution in [2.75, 3.05) is 19.6 Å². The van der Waals surface area contributed by atoms with Gasteiger partial charge < -0.3 is 4.74 Å². The molecule has 1 aliphatic rings. The summed E-state index contributed by atoms with van der Waals surface area (Å²) in [5.74, 6) is -0.141. The maximum Gasteiger partial charge on any atom is 0.290 e. The maximum atomic E-state index is 11.3. The number of aliphatic imine (C=N–C) groups is 1. The second-order valence-corrected chi connectivity index (χ2v) is 4.21. The Kier molecular flexibility index (Phi) is 6.08. The fourth-order valence-electron chi connectivity index (χ4n) is 1.71. The molecule has 1 unspecified atom stereocenters. The summed E-state index contributed by atoms with van der Waals surface area (Å²) in [6, 6.07) is 0. The van der Waals surface area contributed by atoms with Gasteiger partial charge in [-0.15, -0.1) is 0 Å². The van der Waals surface area contributed by atoms with Crippen molar-refractivity contribution >= 4 is 12.3 Å². The van der Waals surface area contributed by atoms with E-state index < -0.39 is 0 Å². The summed E-state index contributed by atoms with van der Waals surface area (Å²) in [6.45, 7) is 7.13. The predicted octanol–water partition coefficient (Wildman–Crippen LogP) is 1.84. The van der Waals surface area contributed by atoms with Gasteiger partial charge in [0.25, 0.3) is 5.91 Å². The van der Waals surface area contributed by atoms with Crippen LogP contribution < -0.4 is 0 Å². The maximum absolute atomic E-state index is 11.3. The molecule has 1 atom stereocenters. The fourth-order valence-corrected chi connectivity index (χ4v) is 1.71. The molecule has 1 heterocycles. The lowest BCUT2D eigenvalue weighted by molar-refractivity contribution is -0.123. The molecule has 16 heavy (non-hydrogen) atoms. The SMILES string of the molecule is CCCCN(CCCC)CC1OC=NC1=O. The van der Waals surface area contributed by atoms with E-state index in [1.165, 1.54) is 32.1 Å².